The highest BCUT2D eigenvalue weighted by molar-refractivity contribution is 7.69. The molecule has 1 aromatic carbocycles. The molecule has 1 aromatic heterocycles. The van der Waals surface area contributed by atoms with E-state index in [4.69, 9.17) is 11.6 Å². The van der Waals surface area contributed by atoms with Gasteiger partial charge in [0.2, 0.25) is 0 Å². The van der Waals surface area contributed by atoms with Gasteiger partial charge in [-0.05, 0) is 12.1 Å². The molecule has 50 valence electrons. The molecule has 0 radical (unpaired) electrons. The normalized spacial score (nSPS) is 10.5. The Hall–Kier alpha value is -0.250. The standard InChI is InChI=1S/C6H3ClNS2/c7-4-1-2-5-6(3-4)9-10-8-5/h1-3H/q+1. The molecule has 0 aliphatic heterocycles. The van der Waals surface area contributed by atoms with Crippen LogP contribution in [0.4, 0.5) is 0 Å². The van der Waals surface area contributed by atoms with Gasteiger partial charge in [0.15, 0.2) is 0 Å². The SMILES string of the molecule is Clc1ccc2ns[s+]c2c1. The van der Waals surface area contributed by atoms with Gasteiger partial charge >= 0.3 is 10.3 Å². The van der Waals surface area contributed by atoms with Gasteiger partial charge in [0.05, 0.1) is 0 Å². The van der Waals surface area contributed by atoms with E-state index >= 15 is 0 Å². The molecule has 0 spiro atoms. The number of fused-ring (bicyclic) bond motifs is 1. The quantitative estimate of drug-likeness (QED) is 0.457. The molecule has 0 bridgehead atoms. The first-order valence-corrected chi connectivity index (χ1v) is 5.19. The lowest BCUT2D eigenvalue weighted by molar-refractivity contribution is 1.67. The summed E-state index contributed by atoms with van der Waals surface area (Å²) in [5.74, 6) is 0. The zero-order chi connectivity index (χ0) is 6.97. The molecular weight excluding hydrogens is 186 g/mol. The zero-order valence-electron chi connectivity index (χ0n) is 4.87. The predicted molar refractivity (Wildman–Crippen MR) is 46.9 cm³/mol. The van der Waals surface area contributed by atoms with Gasteiger partial charge in [-0.1, -0.05) is 11.6 Å². The van der Waals surface area contributed by atoms with Gasteiger partial charge in [-0.3, -0.25) is 0 Å². The third-order valence-electron chi connectivity index (χ3n) is 1.18. The summed E-state index contributed by atoms with van der Waals surface area (Å²) in [6, 6.07) is 5.73. The molecule has 0 amide bonds. The number of aromatic nitrogens is 1. The smallest absolute Gasteiger partial charge is 0.135 e. The number of hydrogen-bond donors (Lipinski definition) is 0. The number of rotatable bonds is 0. The molecule has 0 atom stereocenters. The van der Waals surface area contributed by atoms with Crippen molar-refractivity contribution in [3.05, 3.63) is 23.2 Å². The molecule has 10 heavy (non-hydrogen) atoms. The highest BCUT2D eigenvalue weighted by Crippen LogP contribution is 2.24. The van der Waals surface area contributed by atoms with Crippen molar-refractivity contribution in [1.29, 1.82) is 0 Å². The van der Waals surface area contributed by atoms with Crippen molar-refractivity contribution in [2.75, 3.05) is 0 Å². The van der Waals surface area contributed by atoms with Crippen LogP contribution < -0.4 is 0 Å². The summed E-state index contributed by atoms with van der Waals surface area (Å²) in [5.41, 5.74) is 1.04. The number of halogens is 1. The van der Waals surface area contributed by atoms with Gasteiger partial charge in [-0.25, -0.2) is 0 Å². The first kappa shape index (κ1) is 6.46. The van der Waals surface area contributed by atoms with Crippen molar-refractivity contribution in [2.24, 2.45) is 0 Å². The molecule has 0 aliphatic rings. The van der Waals surface area contributed by atoms with Crippen molar-refractivity contribution in [1.82, 2.24) is 4.37 Å². The van der Waals surface area contributed by atoms with Crippen LogP contribution in [0.2, 0.25) is 5.02 Å². The van der Waals surface area contributed by atoms with E-state index in [1.165, 1.54) is 10.5 Å². The molecule has 2 aromatic rings. The van der Waals surface area contributed by atoms with Crippen molar-refractivity contribution < 1.29 is 0 Å². The summed E-state index contributed by atoms with van der Waals surface area (Å²) in [5, 5.41) is 0.781. The number of benzene rings is 1. The minimum Gasteiger partial charge on any atom is -0.135 e. The van der Waals surface area contributed by atoms with Gasteiger partial charge in [-0.2, -0.15) is 0 Å². The second-order valence-corrected chi connectivity index (χ2v) is 4.18. The molecule has 0 saturated heterocycles. The average molecular weight is 189 g/mol. The Morgan fingerprint density at radius 2 is 2.40 bits per heavy atom. The van der Waals surface area contributed by atoms with Gasteiger partial charge in [0, 0.05) is 11.1 Å². The Labute approximate surface area is 70.4 Å². The maximum Gasteiger partial charge on any atom is 0.323 e. The van der Waals surface area contributed by atoms with E-state index in [2.05, 4.69) is 4.37 Å². The van der Waals surface area contributed by atoms with Crippen LogP contribution in [0, 0.1) is 0 Å². The zero-order valence-corrected chi connectivity index (χ0v) is 7.26. The Morgan fingerprint density at radius 3 is 3.30 bits per heavy atom. The average Bonchev–Trinajstić information content (AvgIpc) is 2.33. The van der Waals surface area contributed by atoms with Crippen molar-refractivity contribution in [3.8, 4) is 0 Å². The fourth-order valence-corrected chi connectivity index (χ4v) is 2.75. The van der Waals surface area contributed by atoms with Crippen LogP contribution in [-0.2, 0) is 0 Å². The largest absolute Gasteiger partial charge is 0.323 e. The summed E-state index contributed by atoms with van der Waals surface area (Å²) in [4.78, 5) is 0. The highest BCUT2D eigenvalue weighted by Gasteiger charge is 2.08. The van der Waals surface area contributed by atoms with Gasteiger partial charge < -0.3 is 0 Å². The number of nitrogens with zero attached hydrogens (tertiary/aromatic N) is 1. The Kier molecular flexibility index (Phi) is 1.56. The summed E-state index contributed by atoms with van der Waals surface area (Å²) >= 11 is 5.76. The third-order valence-corrected chi connectivity index (χ3v) is 3.26. The molecule has 0 aliphatic carbocycles. The van der Waals surface area contributed by atoms with E-state index in [0.717, 1.165) is 15.2 Å². The summed E-state index contributed by atoms with van der Waals surface area (Å²) in [7, 11) is 3.14. The van der Waals surface area contributed by atoms with Gasteiger partial charge in [-0.15, -0.1) is 4.37 Å². The number of hydrogen-bond acceptors (Lipinski definition) is 2. The Bertz CT molecular complexity index is 357. The maximum absolute atomic E-state index is 5.76. The summed E-state index contributed by atoms with van der Waals surface area (Å²) in [6.45, 7) is 0. The highest BCUT2D eigenvalue weighted by atomic mass is 35.5. The minimum absolute atomic E-state index is 0.781. The Balaban J connectivity index is 2.86. The van der Waals surface area contributed by atoms with E-state index in [0.29, 0.717) is 0 Å². The summed E-state index contributed by atoms with van der Waals surface area (Å²) in [6.07, 6.45) is 0. The van der Waals surface area contributed by atoms with Crippen LogP contribution in [0.15, 0.2) is 18.2 Å². The van der Waals surface area contributed by atoms with Crippen LogP contribution in [-0.4, -0.2) is 4.37 Å². The second kappa shape index (κ2) is 2.42. The second-order valence-electron chi connectivity index (χ2n) is 1.86. The van der Waals surface area contributed by atoms with Gasteiger partial charge in [0.25, 0.3) is 15.2 Å². The van der Waals surface area contributed by atoms with Crippen molar-refractivity contribution in [2.45, 2.75) is 0 Å². The topological polar surface area (TPSA) is 12.9 Å². The van der Waals surface area contributed by atoms with Gasteiger partial charge in [0.1, 0.15) is 5.52 Å². The molecule has 4 heteroatoms. The van der Waals surface area contributed by atoms with Crippen LogP contribution in [0.1, 0.15) is 0 Å². The van der Waals surface area contributed by atoms with Crippen molar-refractivity contribution >= 4 is 42.7 Å². The fourth-order valence-electron chi connectivity index (χ4n) is 0.729. The monoisotopic (exact) mass is 188 g/mol. The molecule has 0 N–H and O–H groups in total. The van der Waals surface area contributed by atoms with Crippen LogP contribution in [0.3, 0.4) is 0 Å². The molecule has 1 nitrogen and oxygen atoms in total. The van der Waals surface area contributed by atoms with E-state index in [1.54, 1.807) is 10.3 Å². The Morgan fingerprint density at radius 1 is 1.50 bits per heavy atom. The minimum atomic E-state index is 0.781. The third kappa shape index (κ3) is 1.00. The maximum atomic E-state index is 5.76. The molecule has 0 fully saturated rings. The lowest BCUT2D eigenvalue weighted by Crippen LogP contribution is -1.64. The van der Waals surface area contributed by atoms with Crippen LogP contribution in [0.25, 0.3) is 10.2 Å². The molecular formula is C6H3ClNS2+. The molecule has 0 unspecified atom stereocenters. The van der Waals surface area contributed by atoms with E-state index in [1.807, 2.05) is 18.2 Å². The fraction of sp³-hybridized carbons (Fsp3) is 0. The first-order valence-electron chi connectivity index (χ1n) is 2.70. The predicted octanol–water partition coefficient (Wildman–Crippen LogP) is 3.29. The van der Waals surface area contributed by atoms with E-state index in [9.17, 15) is 0 Å². The molecule has 0 saturated carbocycles. The lowest BCUT2D eigenvalue weighted by atomic mass is 10.3. The van der Waals surface area contributed by atoms with Crippen LogP contribution >= 0.6 is 32.5 Å². The summed E-state index contributed by atoms with van der Waals surface area (Å²) < 4.78 is 5.33. The lowest BCUT2D eigenvalue weighted by Gasteiger charge is -1.80. The van der Waals surface area contributed by atoms with Crippen molar-refractivity contribution in [3.63, 3.8) is 0 Å². The van der Waals surface area contributed by atoms with E-state index in [-0.39, 0.29) is 0 Å². The first-order chi connectivity index (χ1) is 4.86. The molecule has 1 heterocycles. The molecule has 2 rings (SSSR count). The van der Waals surface area contributed by atoms with E-state index < -0.39 is 0 Å². The van der Waals surface area contributed by atoms with Crippen LogP contribution in [0.5, 0.6) is 0 Å².